The first kappa shape index (κ1) is 37.5. The molecule has 0 bridgehead atoms. The molecule has 9 atom stereocenters. The number of allylic oxidation sites excluding steroid dienone is 2. The quantitative estimate of drug-likeness (QED) is 0.147. The van der Waals surface area contributed by atoms with Gasteiger partial charge in [-0.1, -0.05) is 94.2 Å². The van der Waals surface area contributed by atoms with Crippen LogP contribution in [0.1, 0.15) is 134 Å². The molecule has 0 aromatic heterocycles. The summed E-state index contributed by atoms with van der Waals surface area (Å²) in [6.07, 6.45) is 7.70. The van der Waals surface area contributed by atoms with E-state index >= 15 is 4.39 Å². The van der Waals surface area contributed by atoms with Crippen molar-refractivity contribution in [2.24, 2.45) is 39.4 Å². The van der Waals surface area contributed by atoms with E-state index in [1.807, 2.05) is 0 Å². The molecule has 0 aliphatic heterocycles. The van der Waals surface area contributed by atoms with Gasteiger partial charge in [0.15, 0.2) is 16.6 Å². The predicted molar refractivity (Wildman–Crippen MR) is 193 cm³/mol. The van der Waals surface area contributed by atoms with Gasteiger partial charge in [-0.2, -0.15) is 0 Å². The van der Waals surface area contributed by atoms with Crippen LogP contribution in [-0.4, -0.2) is 41.3 Å². The molecule has 4 aliphatic rings. The molecular weight excluding hydrogens is 592 g/mol. The van der Waals surface area contributed by atoms with Crippen LogP contribution in [0.15, 0.2) is 11.1 Å². The van der Waals surface area contributed by atoms with Crippen LogP contribution in [0.25, 0.3) is 0 Å². The van der Waals surface area contributed by atoms with Crippen LogP contribution in [0.2, 0.25) is 36.3 Å². The van der Waals surface area contributed by atoms with Gasteiger partial charge in [-0.25, -0.2) is 4.39 Å². The van der Waals surface area contributed by atoms with Crippen LogP contribution >= 0.6 is 0 Å². The number of aldehydes is 1. The van der Waals surface area contributed by atoms with Crippen molar-refractivity contribution in [2.75, 3.05) is 0 Å². The van der Waals surface area contributed by atoms with E-state index in [9.17, 15) is 4.79 Å². The fourth-order valence-corrected chi connectivity index (χ4v) is 13.5. The lowest BCUT2D eigenvalue weighted by Crippen LogP contribution is -2.62. The second kappa shape index (κ2) is 11.6. The van der Waals surface area contributed by atoms with Gasteiger partial charge in [0.25, 0.3) is 0 Å². The van der Waals surface area contributed by atoms with Gasteiger partial charge in [0.1, 0.15) is 12.5 Å². The Bertz CT molecular complexity index is 1160. The largest absolute Gasteiger partial charge is 0.413 e. The molecule has 4 aliphatic carbocycles. The Morgan fingerprint density at radius 1 is 0.889 bits per heavy atom. The monoisotopic (exact) mass is 662 g/mol. The van der Waals surface area contributed by atoms with Crippen molar-refractivity contribution in [3.8, 4) is 0 Å². The van der Waals surface area contributed by atoms with Crippen molar-refractivity contribution in [1.29, 1.82) is 0 Å². The highest BCUT2D eigenvalue weighted by Crippen LogP contribution is 2.73. The van der Waals surface area contributed by atoms with Crippen LogP contribution in [0.5, 0.6) is 0 Å². The van der Waals surface area contributed by atoms with E-state index in [1.165, 1.54) is 12.8 Å². The minimum absolute atomic E-state index is 0.0273. The van der Waals surface area contributed by atoms with Crippen molar-refractivity contribution in [1.82, 2.24) is 0 Å². The first-order valence-corrected chi connectivity index (χ1v) is 24.2. The topological polar surface area (TPSA) is 35.5 Å². The molecule has 0 aromatic rings. The van der Waals surface area contributed by atoms with Gasteiger partial charge in [-0.05, 0) is 121 Å². The zero-order valence-electron chi connectivity index (χ0n) is 32.3. The van der Waals surface area contributed by atoms with Crippen LogP contribution in [0.4, 0.5) is 4.39 Å². The van der Waals surface area contributed by atoms with E-state index in [-0.39, 0.29) is 43.9 Å². The van der Waals surface area contributed by atoms with Crippen LogP contribution < -0.4 is 0 Å². The molecule has 0 saturated heterocycles. The van der Waals surface area contributed by atoms with E-state index in [2.05, 4.69) is 109 Å². The number of halogens is 1. The molecule has 0 radical (unpaired) electrons. The lowest BCUT2D eigenvalue weighted by atomic mass is 9.43. The smallest absolute Gasteiger partial charge is 0.192 e. The number of hydrogen-bond donors (Lipinski definition) is 0. The number of carbonyl (C=O) groups excluding carboxylic acids is 1. The molecule has 3 nitrogen and oxygen atoms in total. The summed E-state index contributed by atoms with van der Waals surface area (Å²) in [5.41, 5.74) is 3.20. The third kappa shape index (κ3) is 5.88. The summed E-state index contributed by atoms with van der Waals surface area (Å²) < 4.78 is 30.6. The number of rotatable bonds is 8. The third-order valence-corrected chi connectivity index (χ3v) is 24.7. The van der Waals surface area contributed by atoms with Crippen LogP contribution in [0, 0.1) is 39.4 Å². The molecule has 2 saturated carbocycles. The Balaban J connectivity index is 1.67. The highest BCUT2D eigenvalue weighted by Gasteiger charge is 2.65. The van der Waals surface area contributed by atoms with E-state index < -0.39 is 22.8 Å². The molecule has 4 rings (SSSR count). The summed E-state index contributed by atoms with van der Waals surface area (Å²) in [4.78, 5) is 12.0. The molecule has 45 heavy (non-hydrogen) atoms. The molecule has 0 amide bonds. The Kier molecular flexibility index (Phi) is 9.71. The number of fused-ring (bicyclic) bond motifs is 4. The van der Waals surface area contributed by atoms with Gasteiger partial charge < -0.3 is 13.6 Å². The van der Waals surface area contributed by atoms with Crippen molar-refractivity contribution >= 4 is 22.9 Å². The molecule has 6 heteroatoms. The molecule has 0 N–H and O–H groups in total. The van der Waals surface area contributed by atoms with Crippen molar-refractivity contribution in [3.05, 3.63) is 11.1 Å². The standard InChI is InChI=1S/C39H71FO3Si2/c1-26(31(21-24-41)42-44(13,14)34(2,3)4)27-19-22-39(12)29-17-18-32-36(8,9)33(43-45(15,16)35(5,6)7)30(40)25-37(32,10)28(29)20-23-38(27,39)11/h24,26-27,30-33H,17-23,25H2,1-16H3/t26-,27+,30+,31?,32?,33?,37+,38+,39-/m0/s1. The minimum Gasteiger partial charge on any atom is -0.413 e. The molecule has 0 spiro atoms. The number of alkyl halides is 1. The summed E-state index contributed by atoms with van der Waals surface area (Å²) in [6, 6.07) is 0. The lowest BCUT2D eigenvalue weighted by molar-refractivity contribution is -0.129. The van der Waals surface area contributed by atoms with Crippen molar-refractivity contribution in [3.63, 3.8) is 0 Å². The predicted octanol–water partition coefficient (Wildman–Crippen LogP) is 11.7. The molecular formula is C39H71FO3Si2. The first-order valence-electron chi connectivity index (χ1n) is 18.4. The van der Waals surface area contributed by atoms with Gasteiger partial charge in [0, 0.05) is 6.42 Å². The molecule has 0 heterocycles. The fraction of sp³-hybridized carbons (Fsp3) is 0.923. The average Bonchev–Trinajstić information content (AvgIpc) is 3.15. The Labute approximate surface area is 279 Å². The third-order valence-electron chi connectivity index (χ3n) is 15.7. The Hall–Kier alpha value is -0.306. The van der Waals surface area contributed by atoms with Gasteiger partial charge in [0.05, 0.1) is 12.2 Å². The maximum atomic E-state index is 16.7. The van der Waals surface area contributed by atoms with E-state index in [4.69, 9.17) is 8.85 Å². The molecule has 0 aromatic carbocycles. The summed E-state index contributed by atoms with van der Waals surface area (Å²) in [5.74, 6) is 1.25. The van der Waals surface area contributed by atoms with Gasteiger partial charge in [0.2, 0.25) is 0 Å². The molecule has 3 unspecified atom stereocenters. The zero-order valence-corrected chi connectivity index (χ0v) is 34.3. The first-order chi connectivity index (χ1) is 20.2. The highest BCUT2D eigenvalue weighted by atomic mass is 28.4. The zero-order chi connectivity index (χ0) is 34.4. The number of hydrogen-bond acceptors (Lipinski definition) is 3. The van der Waals surface area contributed by atoms with E-state index in [1.54, 1.807) is 11.1 Å². The van der Waals surface area contributed by atoms with E-state index in [0.717, 1.165) is 32.0 Å². The van der Waals surface area contributed by atoms with E-state index in [0.29, 0.717) is 30.6 Å². The molecule has 2 fully saturated rings. The normalized spacial score (nSPS) is 38.7. The van der Waals surface area contributed by atoms with Crippen molar-refractivity contribution in [2.45, 2.75) is 189 Å². The average molecular weight is 663 g/mol. The summed E-state index contributed by atoms with van der Waals surface area (Å²) in [7, 11) is -4.15. The van der Waals surface area contributed by atoms with Gasteiger partial charge in [-0.3, -0.25) is 0 Å². The Morgan fingerprint density at radius 2 is 1.47 bits per heavy atom. The minimum atomic E-state index is -2.12. The maximum absolute atomic E-state index is 16.7. The SMILES string of the molecule is C[C@H](C(CC=O)O[Si](C)(C)C(C)(C)C)[C@H]1CC[C@@]2(C)C3=C(CC[C@]12C)[C@@]1(C)C[C@@H](F)C(O[Si](C)(C)C(C)(C)C)C(C)(C)C1CC3. The Morgan fingerprint density at radius 3 is 2.00 bits per heavy atom. The molecule has 260 valence electrons. The second-order valence-electron chi connectivity index (χ2n) is 20.4. The second-order valence-corrected chi connectivity index (χ2v) is 29.9. The van der Waals surface area contributed by atoms with Crippen LogP contribution in [0.3, 0.4) is 0 Å². The number of carbonyl (C=O) groups is 1. The lowest BCUT2D eigenvalue weighted by Gasteiger charge is -2.64. The maximum Gasteiger partial charge on any atom is 0.192 e. The highest BCUT2D eigenvalue weighted by molar-refractivity contribution is 6.74. The summed E-state index contributed by atoms with van der Waals surface area (Å²) >= 11 is 0. The van der Waals surface area contributed by atoms with Crippen molar-refractivity contribution < 1.29 is 18.0 Å². The summed E-state index contributed by atoms with van der Waals surface area (Å²) in [5, 5.41) is 0.169. The fourth-order valence-electron chi connectivity index (χ4n) is 10.6. The van der Waals surface area contributed by atoms with Gasteiger partial charge in [-0.15, -0.1) is 0 Å². The summed E-state index contributed by atoms with van der Waals surface area (Å²) in [6.45, 7) is 37.4. The van der Waals surface area contributed by atoms with Gasteiger partial charge >= 0.3 is 0 Å². The van der Waals surface area contributed by atoms with Crippen LogP contribution in [-0.2, 0) is 13.6 Å².